The van der Waals surface area contributed by atoms with Crippen molar-refractivity contribution in [3.05, 3.63) is 12.2 Å². The van der Waals surface area contributed by atoms with Crippen molar-refractivity contribution in [3.63, 3.8) is 0 Å². The first-order chi connectivity index (χ1) is 18.2. The van der Waals surface area contributed by atoms with Gasteiger partial charge in [0.05, 0.1) is 12.7 Å². The van der Waals surface area contributed by atoms with Crippen molar-refractivity contribution >= 4 is 17.7 Å². The number of hydrogen-bond donors (Lipinski definition) is 0. The standard InChI is InChI=1S/C30H50O8/c1-6-7-19-30(3,35-5)20-12-13-23-17-18-26(37-22(2)31)24(23)14-8-9-15-25(32)28(29(33)34-4)38-27-16-10-11-21-36-27/h12-13,23-24,26-28H,6-11,14-21H2,1-5H3/t23-,24+,26-,27?,28?,30?/m0/s1. The quantitative estimate of drug-likeness (QED) is 0.101. The third-order valence-electron chi connectivity index (χ3n) is 7.96. The number of carbonyl (C=O) groups is 3. The largest absolute Gasteiger partial charge is 0.467 e. The summed E-state index contributed by atoms with van der Waals surface area (Å²) in [6.45, 7) is 6.37. The lowest BCUT2D eigenvalue weighted by molar-refractivity contribution is -0.202. The van der Waals surface area contributed by atoms with Gasteiger partial charge in [-0.3, -0.25) is 9.59 Å². The molecule has 6 atom stereocenters. The highest BCUT2D eigenvalue weighted by Gasteiger charge is 2.37. The molecule has 2 aliphatic rings. The third kappa shape index (κ3) is 10.8. The first kappa shape index (κ1) is 32.4. The molecule has 0 spiro atoms. The molecule has 1 aliphatic carbocycles. The molecule has 0 amide bonds. The Morgan fingerprint density at radius 2 is 1.87 bits per heavy atom. The lowest BCUT2D eigenvalue weighted by atomic mass is 9.87. The summed E-state index contributed by atoms with van der Waals surface area (Å²) in [5.74, 6) is -0.692. The van der Waals surface area contributed by atoms with E-state index < -0.39 is 18.4 Å². The lowest BCUT2D eigenvalue weighted by Crippen LogP contribution is -2.39. The number of methoxy groups -OCH3 is 2. The Balaban J connectivity index is 1.92. The van der Waals surface area contributed by atoms with Crippen LogP contribution in [-0.2, 0) is 38.1 Å². The molecule has 1 heterocycles. The van der Waals surface area contributed by atoms with E-state index in [1.807, 2.05) is 0 Å². The first-order valence-electron chi connectivity index (χ1n) is 14.5. The first-order valence-corrected chi connectivity index (χ1v) is 14.5. The highest BCUT2D eigenvalue weighted by Crippen LogP contribution is 2.39. The van der Waals surface area contributed by atoms with E-state index in [1.165, 1.54) is 14.0 Å². The molecule has 1 saturated carbocycles. The van der Waals surface area contributed by atoms with E-state index in [2.05, 4.69) is 26.0 Å². The van der Waals surface area contributed by atoms with Gasteiger partial charge in [-0.1, -0.05) is 38.3 Å². The van der Waals surface area contributed by atoms with E-state index in [0.29, 0.717) is 25.4 Å². The van der Waals surface area contributed by atoms with Crippen LogP contribution in [0.5, 0.6) is 0 Å². The van der Waals surface area contributed by atoms with E-state index in [-0.39, 0.29) is 35.8 Å². The normalized spacial score (nSPS) is 26.1. The fourth-order valence-corrected chi connectivity index (χ4v) is 5.54. The number of allylic oxidation sites excluding steroid dienone is 1. The summed E-state index contributed by atoms with van der Waals surface area (Å²) in [4.78, 5) is 36.8. The molecule has 38 heavy (non-hydrogen) atoms. The lowest BCUT2D eigenvalue weighted by Gasteiger charge is -2.27. The Hall–Kier alpha value is -1.77. The summed E-state index contributed by atoms with van der Waals surface area (Å²) >= 11 is 0. The van der Waals surface area contributed by atoms with E-state index in [4.69, 9.17) is 23.7 Å². The average Bonchev–Trinajstić information content (AvgIpc) is 3.28. The van der Waals surface area contributed by atoms with Crippen LogP contribution in [0.1, 0.15) is 104 Å². The van der Waals surface area contributed by atoms with Crippen LogP contribution in [0.25, 0.3) is 0 Å². The Morgan fingerprint density at radius 3 is 2.50 bits per heavy atom. The topological polar surface area (TPSA) is 97.4 Å². The number of carbonyl (C=O) groups excluding carboxylic acids is 3. The Bertz CT molecular complexity index is 759. The van der Waals surface area contributed by atoms with Crippen LogP contribution in [0, 0.1) is 11.8 Å². The van der Waals surface area contributed by atoms with Crippen LogP contribution in [0.3, 0.4) is 0 Å². The molecule has 0 aromatic heterocycles. The molecule has 0 aromatic rings. The van der Waals surface area contributed by atoms with E-state index in [0.717, 1.165) is 64.2 Å². The fourth-order valence-electron chi connectivity index (χ4n) is 5.54. The van der Waals surface area contributed by atoms with Crippen molar-refractivity contribution < 1.29 is 38.1 Å². The van der Waals surface area contributed by atoms with Gasteiger partial charge < -0.3 is 23.7 Å². The van der Waals surface area contributed by atoms with Crippen LogP contribution in [0.4, 0.5) is 0 Å². The second-order valence-electron chi connectivity index (χ2n) is 11.0. The smallest absolute Gasteiger partial charge is 0.342 e. The second kappa shape index (κ2) is 17.0. The second-order valence-corrected chi connectivity index (χ2v) is 11.0. The molecule has 0 aromatic carbocycles. The van der Waals surface area contributed by atoms with Gasteiger partial charge in [-0.2, -0.15) is 0 Å². The van der Waals surface area contributed by atoms with Gasteiger partial charge in [0.25, 0.3) is 0 Å². The highest BCUT2D eigenvalue weighted by molar-refractivity contribution is 6.01. The summed E-state index contributed by atoms with van der Waals surface area (Å²) in [7, 11) is 3.04. The van der Waals surface area contributed by atoms with Crippen molar-refractivity contribution in [1.82, 2.24) is 0 Å². The van der Waals surface area contributed by atoms with Gasteiger partial charge in [-0.05, 0) is 70.6 Å². The molecule has 218 valence electrons. The van der Waals surface area contributed by atoms with Crippen molar-refractivity contribution in [3.8, 4) is 0 Å². The third-order valence-corrected chi connectivity index (χ3v) is 7.96. The minimum atomic E-state index is -1.25. The molecule has 8 nitrogen and oxygen atoms in total. The van der Waals surface area contributed by atoms with Crippen molar-refractivity contribution in [2.45, 2.75) is 128 Å². The number of unbranched alkanes of at least 4 members (excludes halogenated alkanes) is 2. The number of ether oxygens (including phenoxy) is 5. The zero-order chi connectivity index (χ0) is 28.0. The van der Waals surface area contributed by atoms with Crippen LogP contribution in [0.2, 0.25) is 0 Å². The van der Waals surface area contributed by atoms with Gasteiger partial charge in [0, 0.05) is 33.0 Å². The Kier molecular flexibility index (Phi) is 14.5. The molecule has 0 radical (unpaired) electrons. The predicted molar refractivity (Wildman–Crippen MR) is 144 cm³/mol. The van der Waals surface area contributed by atoms with Crippen LogP contribution in [0.15, 0.2) is 12.2 Å². The SMILES string of the molecule is CCCCC(C)(CC=C[C@H]1CC[C@H](OC(C)=O)[C@@H]1CCCCC(=O)C(OC1CCCCO1)C(=O)OC)OC. The van der Waals surface area contributed by atoms with Crippen molar-refractivity contribution in [2.75, 3.05) is 20.8 Å². The van der Waals surface area contributed by atoms with Gasteiger partial charge in [-0.25, -0.2) is 4.79 Å². The Morgan fingerprint density at radius 1 is 1.08 bits per heavy atom. The molecule has 0 bridgehead atoms. The monoisotopic (exact) mass is 538 g/mol. The zero-order valence-electron chi connectivity index (χ0n) is 24.2. The highest BCUT2D eigenvalue weighted by atomic mass is 16.7. The molecule has 1 aliphatic heterocycles. The fraction of sp³-hybridized carbons (Fsp3) is 0.833. The summed E-state index contributed by atoms with van der Waals surface area (Å²) in [5.41, 5.74) is -0.169. The minimum absolute atomic E-state index is 0.110. The van der Waals surface area contributed by atoms with Crippen LogP contribution >= 0.6 is 0 Å². The zero-order valence-corrected chi connectivity index (χ0v) is 24.2. The van der Waals surface area contributed by atoms with Crippen LogP contribution in [-0.4, -0.2) is 62.6 Å². The summed E-state index contributed by atoms with van der Waals surface area (Å²) in [6.07, 6.45) is 13.6. The maximum atomic E-state index is 12.9. The molecule has 2 rings (SSSR count). The van der Waals surface area contributed by atoms with Gasteiger partial charge in [-0.15, -0.1) is 0 Å². The van der Waals surface area contributed by atoms with Crippen LogP contribution < -0.4 is 0 Å². The number of Topliss-reactive ketones (excluding diaryl/α,β-unsaturated/α-hetero) is 1. The van der Waals surface area contributed by atoms with Gasteiger partial charge in [0.2, 0.25) is 6.10 Å². The number of rotatable bonds is 17. The van der Waals surface area contributed by atoms with Crippen molar-refractivity contribution in [2.24, 2.45) is 11.8 Å². The van der Waals surface area contributed by atoms with E-state index >= 15 is 0 Å². The molecule has 8 heteroatoms. The predicted octanol–water partition coefficient (Wildman–Crippen LogP) is 5.70. The molecule has 3 unspecified atom stereocenters. The average molecular weight is 539 g/mol. The number of hydrogen-bond acceptors (Lipinski definition) is 8. The van der Waals surface area contributed by atoms with E-state index in [9.17, 15) is 14.4 Å². The molecule has 2 fully saturated rings. The summed E-state index contributed by atoms with van der Waals surface area (Å²) in [5, 5.41) is 0. The molecular weight excluding hydrogens is 488 g/mol. The maximum absolute atomic E-state index is 12.9. The van der Waals surface area contributed by atoms with Gasteiger partial charge >= 0.3 is 11.9 Å². The van der Waals surface area contributed by atoms with Crippen molar-refractivity contribution in [1.29, 1.82) is 0 Å². The molecule has 1 saturated heterocycles. The summed E-state index contributed by atoms with van der Waals surface area (Å²) < 4.78 is 27.5. The Labute approximate surface area is 229 Å². The maximum Gasteiger partial charge on any atom is 0.342 e. The van der Waals surface area contributed by atoms with Gasteiger partial charge in [0.1, 0.15) is 6.10 Å². The molecular formula is C30H50O8. The molecule has 0 N–H and O–H groups in total. The summed E-state index contributed by atoms with van der Waals surface area (Å²) in [6, 6.07) is 0. The number of ketones is 1. The number of esters is 2. The van der Waals surface area contributed by atoms with Gasteiger partial charge in [0.15, 0.2) is 12.1 Å². The van der Waals surface area contributed by atoms with E-state index in [1.54, 1.807) is 7.11 Å². The minimum Gasteiger partial charge on any atom is -0.467 e.